The summed E-state index contributed by atoms with van der Waals surface area (Å²) in [6, 6.07) is 12.1. The van der Waals surface area contributed by atoms with Gasteiger partial charge in [0.25, 0.3) is 5.91 Å². The second kappa shape index (κ2) is 8.92. The van der Waals surface area contributed by atoms with Crippen molar-refractivity contribution < 1.29 is 9.18 Å². The van der Waals surface area contributed by atoms with Crippen LogP contribution in [0.5, 0.6) is 0 Å². The van der Waals surface area contributed by atoms with Crippen LogP contribution in [0.2, 0.25) is 0 Å². The van der Waals surface area contributed by atoms with Crippen LogP contribution in [-0.2, 0) is 0 Å². The van der Waals surface area contributed by atoms with Gasteiger partial charge in [-0.15, -0.1) is 24.8 Å². The van der Waals surface area contributed by atoms with Gasteiger partial charge in [0.1, 0.15) is 5.82 Å². The maximum atomic E-state index is 13.9. The minimum atomic E-state index is -0.223. The molecule has 0 atom stereocenters. The van der Waals surface area contributed by atoms with Crippen molar-refractivity contribution in [3.63, 3.8) is 0 Å². The summed E-state index contributed by atoms with van der Waals surface area (Å²) in [5.74, 6) is -0.234. The number of para-hydroxylation sites is 1. The first kappa shape index (κ1) is 21.1. The number of hydrogen-bond donors (Lipinski definition) is 1. The molecule has 0 unspecified atom stereocenters. The summed E-state index contributed by atoms with van der Waals surface area (Å²) in [5, 5.41) is 0. The zero-order chi connectivity index (χ0) is 16.4. The molecule has 1 saturated heterocycles. The highest BCUT2D eigenvalue weighted by molar-refractivity contribution is 5.96. The average Bonchev–Trinajstić information content (AvgIpc) is 2.57. The fraction of sp³-hybridized carbons (Fsp3) is 0.278. The molecule has 0 saturated carbocycles. The molecule has 1 amide bonds. The Kier molecular flexibility index (Phi) is 7.52. The van der Waals surface area contributed by atoms with E-state index in [9.17, 15) is 9.18 Å². The van der Waals surface area contributed by atoms with Gasteiger partial charge in [-0.25, -0.2) is 4.39 Å². The number of aryl methyl sites for hydroxylation is 1. The minimum Gasteiger partial charge on any atom is -0.399 e. The van der Waals surface area contributed by atoms with Gasteiger partial charge in [0.05, 0.1) is 5.69 Å². The summed E-state index contributed by atoms with van der Waals surface area (Å²) in [4.78, 5) is 16.4. The van der Waals surface area contributed by atoms with Crippen LogP contribution in [0.1, 0.15) is 15.9 Å². The molecule has 25 heavy (non-hydrogen) atoms. The van der Waals surface area contributed by atoms with Gasteiger partial charge >= 0.3 is 0 Å². The number of piperazine rings is 1. The van der Waals surface area contributed by atoms with Crippen LogP contribution in [-0.4, -0.2) is 37.0 Å². The number of anilines is 2. The van der Waals surface area contributed by atoms with Gasteiger partial charge < -0.3 is 15.5 Å². The first-order valence-electron chi connectivity index (χ1n) is 7.71. The van der Waals surface area contributed by atoms with E-state index >= 15 is 0 Å². The third kappa shape index (κ3) is 4.55. The molecule has 0 radical (unpaired) electrons. The van der Waals surface area contributed by atoms with Gasteiger partial charge in [0.15, 0.2) is 0 Å². The summed E-state index contributed by atoms with van der Waals surface area (Å²) in [7, 11) is 0. The van der Waals surface area contributed by atoms with Crippen molar-refractivity contribution in [3.05, 3.63) is 59.4 Å². The fourth-order valence-corrected chi connectivity index (χ4v) is 2.90. The van der Waals surface area contributed by atoms with Crippen LogP contribution >= 0.6 is 24.8 Å². The number of halogens is 3. The number of hydrogen-bond acceptors (Lipinski definition) is 3. The highest BCUT2D eigenvalue weighted by Gasteiger charge is 2.24. The van der Waals surface area contributed by atoms with E-state index in [1.807, 2.05) is 24.0 Å². The normalized spacial score (nSPS) is 13.7. The van der Waals surface area contributed by atoms with Gasteiger partial charge in [-0.05, 0) is 36.8 Å². The molecule has 0 aromatic heterocycles. The summed E-state index contributed by atoms with van der Waals surface area (Å²) >= 11 is 0. The van der Waals surface area contributed by atoms with E-state index in [4.69, 9.17) is 5.73 Å². The van der Waals surface area contributed by atoms with Crippen LogP contribution in [0.15, 0.2) is 42.5 Å². The molecule has 7 heteroatoms. The highest BCUT2D eigenvalue weighted by atomic mass is 35.5. The molecule has 1 heterocycles. The standard InChI is InChI=1S/C18H20FN3O.2ClH/c1-13-6-7-14(20)12-15(13)18(23)22-10-8-21(9-11-22)17-5-3-2-4-16(17)19;;/h2-7,12H,8-11,20H2,1H3;2*1H. The number of rotatable bonds is 2. The summed E-state index contributed by atoms with van der Waals surface area (Å²) in [5.41, 5.74) is 8.53. The molecule has 2 aromatic carbocycles. The monoisotopic (exact) mass is 385 g/mol. The molecule has 3 rings (SSSR count). The lowest BCUT2D eigenvalue weighted by Crippen LogP contribution is -2.49. The van der Waals surface area contributed by atoms with Crippen molar-refractivity contribution >= 4 is 42.1 Å². The van der Waals surface area contributed by atoms with Gasteiger partial charge in [-0.2, -0.15) is 0 Å². The van der Waals surface area contributed by atoms with Crippen molar-refractivity contribution in [1.29, 1.82) is 0 Å². The third-order valence-corrected chi connectivity index (χ3v) is 4.25. The molecule has 2 aromatic rings. The van der Waals surface area contributed by atoms with Crippen molar-refractivity contribution in [2.45, 2.75) is 6.92 Å². The molecule has 136 valence electrons. The van der Waals surface area contributed by atoms with E-state index in [2.05, 4.69) is 0 Å². The maximum Gasteiger partial charge on any atom is 0.254 e. The molecule has 0 spiro atoms. The van der Waals surface area contributed by atoms with E-state index in [1.54, 1.807) is 29.2 Å². The Balaban J connectivity index is 0.00000156. The van der Waals surface area contributed by atoms with E-state index in [0.29, 0.717) is 43.1 Å². The number of nitrogens with two attached hydrogens (primary N) is 1. The van der Waals surface area contributed by atoms with Crippen LogP contribution < -0.4 is 10.6 Å². The predicted octanol–water partition coefficient (Wildman–Crippen LogP) is 3.52. The first-order chi connectivity index (χ1) is 11.1. The quantitative estimate of drug-likeness (QED) is 0.804. The lowest BCUT2D eigenvalue weighted by Gasteiger charge is -2.36. The lowest BCUT2D eigenvalue weighted by molar-refractivity contribution is 0.0746. The van der Waals surface area contributed by atoms with Crippen molar-refractivity contribution in [2.75, 3.05) is 36.8 Å². The van der Waals surface area contributed by atoms with Crippen molar-refractivity contribution in [3.8, 4) is 0 Å². The fourth-order valence-electron chi connectivity index (χ4n) is 2.90. The Morgan fingerprint density at radius 3 is 2.32 bits per heavy atom. The second-order valence-corrected chi connectivity index (χ2v) is 5.81. The van der Waals surface area contributed by atoms with Crippen molar-refractivity contribution in [1.82, 2.24) is 4.90 Å². The molecule has 2 N–H and O–H groups in total. The van der Waals surface area contributed by atoms with Crippen LogP contribution in [0, 0.1) is 12.7 Å². The van der Waals surface area contributed by atoms with E-state index in [-0.39, 0.29) is 36.5 Å². The molecule has 0 aliphatic carbocycles. The predicted molar refractivity (Wildman–Crippen MR) is 105 cm³/mol. The topological polar surface area (TPSA) is 49.6 Å². The molecular formula is C18H22Cl2FN3O. The molecular weight excluding hydrogens is 364 g/mol. The Labute approximate surface area is 159 Å². The smallest absolute Gasteiger partial charge is 0.254 e. The number of nitrogens with zero attached hydrogens (tertiary/aromatic N) is 2. The molecule has 4 nitrogen and oxygen atoms in total. The summed E-state index contributed by atoms with van der Waals surface area (Å²) in [6.45, 7) is 4.28. The maximum absolute atomic E-state index is 13.9. The number of benzene rings is 2. The van der Waals surface area contributed by atoms with Gasteiger partial charge in [-0.1, -0.05) is 18.2 Å². The number of carbonyl (C=O) groups excluding carboxylic acids is 1. The third-order valence-electron chi connectivity index (χ3n) is 4.25. The van der Waals surface area contributed by atoms with Crippen LogP contribution in [0.3, 0.4) is 0 Å². The summed E-state index contributed by atoms with van der Waals surface area (Å²) < 4.78 is 13.9. The zero-order valence-corrected chi connectivity index (χ0v) is 15.6. The van der Waals surface area contributed by atoms with Gasteiger partial charge in [0.2, 0.25) is 0 Å². The van der Waals surface area contributed by atoms with Crippen LogP contribution in [0.25, 0.3) is 0 Å². The summed E-state index contributed by atoms with van der Waals surface area (Å²) in [6.07, 6.45) is 0. The SMILES string of the molecule is Cc1ccc(N)cc1C(=O)N1CCN(c2ccccc2F)CC1.Cl.Cl. The second-order valence-electron chi connectivity index (χ2n) is 5.81. The van der Waals surface area contributed by atoms with E-state index < -0.39 is 0 Å². The number of carbonyl (C=O) groups is 1. The van der Waals surface area contributed by atoms with Gasteiger partial charge in [-0.3, -0.25) is 4.79 Å². The Hall–Kier alpha value is -1.98. The molecule has 0 bridgehead atoms. The minimum absolute atomic E-state index is 0. The van der Waals surface area contributed by atoms with E-state index in [1.165, 1.54) is 6.07 Å². The highest BCUT2D eigenvalue weighted by Crippen LogP contribution is 2.21. The Bertz CT molecular complexity index is 734. The Morgan fingerprint density at radius 1 is 1.04 bits per heavy atom. The number of amides is 1. The average molecular weight is 386 g/mol. The van der Waals surface area contributed by atoms with Crippen LogP contribution in [0.4, 0.5) is 15.8 Å². The zero-order valence-electron chi connectivity index (χ0n) is 13.9. The Morgan fingerprint density at radius 2 is 1.68 bits per heavy atom. The molecule has 1 aliphatic heterocycles. The number of nitrogen functional groups attached to an aromatic ring is 1. The largest absolute Gasteiger partial charge is 0.399 e. The van der Waals surface area contributed by atoms with Crippen molar-refractivity contribution in [2.24, 2.45) is 0 Å². The molecule has 1 aliphatic rings. The lowest BCUT2D eigenvalue weighted by atomic mass is 10.1. The van der Waals surface area contributed by atoms with E-state index in [0.717, 1.165) is 5.56 Å². The molecule has 1 fully saturated rings. The first-order valence-corrected chi connectivity index (χ1v) is 7.71. The van der Waals surface area contributed by atoms with Gasteiger partial charge in [0, 0.05) is 37.4 Å².